The monoisotopic (exact) mass is 225 g/mol. The molecule has 0 spiro atoms. The van der Waals surface area contributed by atoms with E-state index in [9.17, 15) is 0 Å². The van der Waals surface area contributed by atoms with Gasteiger partial charge in [0, 0.05) is 6.42 Å². The van der Waals surface area contributed by atoms with E-state index in [0.29, 0.717) is 18.6 Å². The average molecular weight is 225 g/mol. The molecule has 2 atom stereocenters. The molecule has 1 saturated heterocycles. The zero-order chi connectivity index (χ0) is 11.8. The Morgan fingerprint density at radius 1 is 1.06 bits per heavy atom. The molecule has 92 valence electrons. The molecule has 0 amide bonds. The lowest BCUT2D eigenvalue weighted by Gasteiger charge is -2.32. The SMILES string of the molecule is C[C@@H]1C[C@@H](C)OC(CCCCCCC#N)O1. The van der Waals surface area contributed by atoms with E-state index < -0.39 is 0 Å². The van der Waals surface area contributed by atoms with Gasteiger partial charge in [-0.25, -0.2) is 0 Å². The Hall–Kier alpha value is -0.590. The molecule has 1 heterocycles. The van der Waals surface area contributed by atoms with Crippen molar-refractivity contribution in [3.63, 3.8) is 0 Å². The normalized spacial score (nSPS) is 29.9. The molecule has 3 heteroatoms. The topological polar surface area (TPSA) is 42.2 Å². The van der Waals surface area contributed by atoms with E-state index in [2.05, 4.69) is 19.9 Å². The number of ether oxygens (including phenoxy) is 2. The summed E-state index contributed by atoms with van der Waals surface area (Å²) in [5.74, 6) is 0. The van der Waals surface area contributed by atoms with Gasteiger partial charge in [0.05, 0.1) is 18.3 Å². The summed E-state index contributed by atoms with van der Waals surface area (Å²) in [6.07, 6.45) is 7.80. The van der Waals surface area contributed by atoms with Crippen LogP contribution in [0.2, 0.25) is 0 Å². The van der Waals surface area contributed by atoms with Crippen molar-refractivity contribution in [1.82, 2.24) is 0 Å². The highest BCUT2D eigenvalue weighted by Crippen LogP contribution is 2.21. The van der Waals surface area contributed by atoms with Crippen LogP contribution in [0.4, 0.5) is 0 Å². The number of hydrogen-bond donors (Lipinski definition) is 0. The molecular formula is C13H23NO2. The number of nitrogens with zero attached hydrogens (tertiary/aromatic N) is 1. The van der Waals surface area contributed by atoms with Crippen molar-refractivity contribution in [3.8, 4) is 6.07 Å². The zero-order valence-electron chi connectivity index (χ0n) is 10.4. The molecule has 0 unspecified atom stereocenters. The van der Waals surface area contributed by atoms with Gasteiger partial charge in [0.15, 0.2) is 6.29 Å². The van der Waals surface area contributed by atoms with E-state index in [1.807, 2.05) is 0 Å². The van der Waals surface area contributed by atoms with Gasteiger partial charge in [-0.1, -0.05) is 12.8 Å². The Labute approximate surface area is 98.7 Å². The first-order valence-electron chi connectivity index (χ1n) is 6.40. The van der Waals surface area contributed by atoms with Gasteiger partial charge in [-0.05, 0) is 39.5 Å². The molecule has 0 aromatic carbocycles. The van der Waals surface area contributed by atoms with Gasteiger partial charge in [-0.3, -0.25) is 0 Å². The lowest BCUT2D eigenvalue weighted by Crippen LogP contribution is -2.35. The fourth-order valence-corrected chi connectivity index (χ4v) is 2.13. The van der Waals surface area contributed by atoms with Crippen LogP contribution in [0.15, 0.2) is 0 Å². The van der Waals surface area contributed by atoms with Crippen molar-refractivity contribution in [2.45, 2.75) is 77.3 Å². The van der Waals surface area contributed by atoms with Crippen LogP contribution in [-0.4, -0.2) is 18.5 Å². The van der Waals surface area contributed by atoms with Gasteiger partial charge in [-0.15, -0.1) is 0 Å². The summed E-state index contributed by atoms with van der Waals surface area (Å²) in [5, 5.41) is 8.39. The molecule has 1 rings (SSSR count). The molecule has 1 fully saturated rings. The first-order chi connectivity index (χ1) is 7.72. The van der Waals surface area contributed by atoms with Crippen LogP contribution in [0, 0.1) is 11.3 Å². The third-order valence-corrected chi connectivity index (χ3v) is 2.91. The lowest BCUT2D eigenvalue weighted by molar-refractivity contribution is -0.236. The first-order valence-corrected chi connectivity index (χ1v) is 6.40. The summed E-state index contributed by atoms with van der Waals surface area (Å²) in [7, 11) is 0. The highest BCUT2D eigenvalue weighted by molar-refractivity contribution is 4.68. The highest BCUT2D eigenvalue weighted by atomic mass is 16.7. The fourth-order valence-electron chi connectivity index (χ4n) is 2.13. The smallest absolute Gasteiger partial charge is 0.158 e. The van der Waals surface area contributed by atoms with Crippen molar-refractivity contribution < 1.29 is 9.47 Å². The van der Waals surface area contributed by atoms with E-state index in [0.717, 1.165) is 32.1 Å². The largest absolute Gasteiger partial charge is 0.350 e. The van der Waals surface area contributed by atoms with E-state index >= 15 is 0 Å². The Morgan fingerprint density at radius 3 is 2.31 bits per heavy atom. The maximum atomic E-state index is 8.39. The zero-order valence-corrected chi connectivity index (χ0v) is 10.4. The maximum Gasteiger partial charge on any atom is 0.158 e. The van der Waals surface area contributed by atoms with Crippen molar-refractivity contribution in [3.05, 3.63) is 0 Å². The molecule has 0 radical (unpaired) electrons. The first kappa shape index (κ1) is 13.5. The van der Waals surface area contributed by atoms with E-state index in [-0.39, 0.29) is 6.29 Å². The van der Waals surface area contributed by atoms with Crippen LogP contribution in [0.3, 0.4) is 0 Å². The van der Waals surface area contributed by atoms with Gasteiger partial charge >= 0.3 is 0 Å². The minimum atomic E-state index is -0.00489. The second-order valence-corrected chi connectivity index (χ2v) is 4.67. The summed E-state index contributed by atoms with van der Waals surface area (Å²) in [6, 6.07) is 2.17. The Balaban J connectivity index is 2.02. The molecule has 1 aliphatic heterocycles. The van der Waals surface area contributed by atoms with Crippen LogP contribution in [0.1, 0.15) is 58.8 Å². The van der Waals surface area contributed by atoms with Gasteiger partial charge < -0.3 is 9.47 Å². The fraction of sp³-hybridized carbons (Fsp3) is 0.923. The standard InChI is InChI=1S/C13H23NO2/c1-11-10-12(2)16-13(15-11)8-6-4-3-5-7-9-14/h11-13H,3-8,10H2,1-2H3/t11-,12-/m1/s1. The molecular weight excluding hydrogens is 202 g/mol. The lowest BCUT2D eigenvalue weighted by atomic mass is 10.1. The summed E-state index contributed by atoms with van der Waals surface area (Å²) >= 11 is 0. The van der Waals surface area contributed by atoms with Gasteiger partial charge in [0.25, 0.3) is 0 Å². The maximum absolute atomic E-state index is 8.39. The average Bonchev–Trinajstić information content (AvgIpc) is 2.22. The molecule has 0 aromatic heterocycles. The third kappa shape index (κ3) is 5.48. The molecule has 0 aromatic rings. The summed E-state index contributed by atoms with van der Waals surface area (Å²) in [6.45, 7) is 4.22. The van der Waals surface area contributed by atoms with Crippen molar-refractivity contribution in [1.29, 1.82) is 5.26 Å². The van der Waals surface area contributed by atoms with Crippen molar-refractivity contribution in [2.24, 2.45) is 0 Å². The number of nitriles is 1. The quantitative estimate of drug-likeness (QED) is 0.651. The molecule has 0 bridgehead atoms. The molecule has 16 heavy (non-hydrogen) atoms. The molecule has 0 N–H and O–H groups in total. The van der Waals surface area contributed by atoms with Crippen molar-refractivity contribution in [2.75, 3.05) is 0 Å². The Bertz CT molecular complexity index is 214. The predicted octanol–water partition coefficient (Wildman–Crippen LogP) is 3.39. The van der Waals surface area contributed by atoms with E-state index in [4.69, 9.17) is 14.7 Å². The number of unbranched alkanes of at least 4 members (excludes halogenated alkanes) is 4. The second kappa shape index (κ2) is 7.65. The van der Waals surface area contributed by atoms with Crippen LogP contribution in [0.5, 0.6) is 0 Å². The van der Waals surface area contributed by atoms with Crippen molar-refractivity contribution >= 4 is 0 Å². The number of hydrogen-bond acceptors (Lipinski definition) is 3. The molecule has 1 aliphatic rings. The predicted molar refractivity (Wildman–Crippen MR) is 62.8 cm³/mol. The van der Waals surface area contributed by atoms with Crippen LogP contribution < -0.4 is 0 Å². The van der Waals surface area contributed by atoms with Gasteiger partial charge in [0.2, 0.25) is 0 Å². The summed E-state index contributed by atoms with van der Waals surface area (Å²) < 4.78 is 11.4. The third-order valence-electron chi connectivity index (χ3n) is 2.91. The minimum absolute atomic E-state index is 0.00489. The van der Waals surface area contributed by atoms with Gasteiger partial charge in [0.1, 0.15) is 0 Å². The molecule has 3 nitrogen and oxygen atoms in total. The second-order valence-electron chi connectivity index (χ2n) is 4.67. The summed E-state index contributed by atoms with van der Waals surface area (Å²) in [5.41, 5.74) is 0. The minimum Gasteiger partial charge on any atom is -0.350 e. The Kier molecular flexibility index (Phi) is 6.44. The van der Waals surface area contributed by atoms with Gasteiger partial charge in [-0.2, -0.15) is 5.26 Å². The van der Waals surface area contributed by atoms with Crippen LogP contribution in [0.25, 0.3) is 0 Å². The summed E-state index contributed by atoms with van der Waals surface area (Å²) in [4.78, 5) is 0. The van der Waals surface area contributed by atoms with Crippen LogP contribution in [-0.2, 0) is 9.47 Å². The highest BCUT2D eigenvalue weighted by Gasteiger charge is 2.24. The molecule has 0 aliphatic carbocycles. The number of rotatable bonds is 6. The Morgan fingerprint density at radius 2 is 1.69 bits per heavy atom. The van der Waals surface area contributed by atoms with E-state index in [1.165, 1.54) is 6.42 Å². The van der Waals surface area contributed by atoms with E-state index in [1.54, 1.807) is 0 Å². The molecule has 0 saturated carbocycles. The van der Waals surface area contributed by atoms with Crippen LogP contribution >= 0.6 is 0 Å².